The molecule has 0 N–H and O–H groups in total. The molecule has 0 aromatic heterocycles. The van der Waals surface area contributed by atoms with Crippen molar-refractivity contribution in [3.05, 3.63) is 47.5 Å². The SMILES string of the molecule is COc1ccc2c(c1)C(=O)N(c1ccc3c(c1)OCCO3)C2. The highest BCUT2D eigenvalue weighted by molar-refractivity contribution is 6.10. The monoisotopic (exact) mass is 297 g/mol. The fourth-order valence-corrected chi connectivity index (χ4v) is 2.82. The molecule has 2 heterocycles. The van der Waals surface area contributed by atoms with Crippen molar-refractivity contribution in [2.75, 3.05) is 25.2 Å². The summed E-state index contributed by atoms with van der Waals surface area (Å²) in [5, 5.41) is 0. The Hall–Kier alpha value is -2.69. The molecule has 0 aliphatic carbocycles. The summed E-state index contributed by atoms with van der Waals surface area (Å²) in [5.41, 5.74) is 2.50. The Kier molecular flexibility index (Phi) is 2.92. The number of nitrogens with zero attached hydrogens (tertiary/aromatic N) is 1. The highest BCUT2D eigenvalue weighted by Gasteiger charge is 2.29. The molecule has 2 aromatic carbocycles. The van der Waals surface area contributed by atoms with Crippen molar-refractivity contribution >= 4 is 11.6 Å². The smallest absolute Gasteiger partial charge is 0.259 e. The molecule has 5 heteroatoms. The summed E-state index contributed by atoms with van der Waals surface area (Å²) in [6, 6.07) is 11.2. The third-order valence-electron chi connectivity index (χ3n) is 3.96. The van der Waals surface area contributed by atoms with Crippen LogP contribution in [-0.4, -0.2) is 26.2 Å². The number of benzene rings is 2. The van der Waals surface area contributed by atoms with Crippen LogP contribution in [0.25, 0.3) is 0 Å². The number of methoxy groups -OCH3 is 1. The predicted molar refractivity (Wildman–Crippen MR) is 80.9 cm³/mol. The van der Waals surface area contributed by atoms with E-state index < -0.39 is 0 Å². The molecular weight excluding hydrogens is 282 g/mol. The van der Waals surface area contributed by atoms with Gasteiger partial charge in [-0.2, -0.15) is 0 Å². The molecule has 0 saturated carbocycles. The molecule has 4 rings (SSSR count). The summed E-state index contributed by atoms with van der Waals surface area (Å²) >= 11 is 0. The highest BCUT2D eigenvalue weighted by atomic mass is 16.6. The van der Waals surface area contributed by atoms with Gasteiger partial charge in [-0.1, -0.05) is 6.07 Å². The Labute approximate surface area is 128 Å². The van der Waals surface area contributed by atoms with E-state index >= 15 is 0 Å². The number of hydrogen-bond acceptors (Lipinski definition) is 4. The second-order valence-corrected chi connectivity index (χ2v) is 5.24. The maximum atomic E-state index is 12.6. The number of anilines is 1. The van der Waals surface area contributed by atoms with Gasteiger partial charge in [-0.15, -0.1) is 0 Å². The first-order valence-corrected chi connectivity index (χ1v) is 7.15. The van der Waals surface area contributed by atoms with Gasteiger partial charge in [0.15, 0.2) is 11.5 Å². The van der Waals surface area contributed by atoms with Crippen LogP contribution >= 0.6 is 0 Å². The Morgan fingerprint density at radius 3 is 2.68 bits per heavy atom. The van der Waals surface area contributed by atoms with Crippen molar-refractivity contribution < 1.29 is 19.0 Å². The molecule has 0 bridgehead atoms. The second kappa shape index (κ2) is 4.94. The van der Waals surface area contributed by atoms with Crippen LogP contribution in [0, 0.1) is 0 Å². The van der Waals surface area contributed by atoms with Gasteiger partial charge in [0.2, 0.25) is 0 Å². The minimum atomic E-state index is -0.0226. The summed E-state index contributed by atoms with van der Waals surface area (Å²) in [7, 11) is 1.60. The lowest BCUT2D eigenvalue weighted by molar-refractivity contribution is 0.0996. The molecule has 2 aliphatic heterocycles. The van der Waals surface area contributed by atoms with E-state index in [0.29, 0.717) is 36.8 Å². The Morgan fingerprint density at radius 1 is 1.05 bits per heavy atom. The number of carbonyl (C=O) groups excluding carboxylic acids is 1. The average Bonchev–Trinajstić information content (AvgIpc) is 2.90. The maximum absolute atomic E-state index is 12.6. The van der Waals surface area contributed by atoms with E-state index in [1.807, 2.05) is 30.3 Å². The standard InChI is InChI=1S/C17H15NO4/c1-20-13-4-2-11-10-18(17(19)14(11)9-13)12-3-5-15-16(8-12)22-7-6-21-15/h2-5,8-9H,6-7,10H2,1H3. The first kappa shape index (κ1) is 13.0. The summed E-state index contributed by atoms with van der Waals surface area (Å²) in [4.78, 5) is 14.4. The fourth-order valence-electron chi connectivity index (χ4n) is 2.82. The van der Waals surface area contributed by atoms with Crippen molar-refractivity contribution in [2.24, 2.45) is 0 Å². The summed E-state index contributed by atoms with van der Waals surface area (Å²) in [6.45, 7) is 1.64. The minimum absolute atomic E-state index is 0.0226. The normalized spacial score (nSPS) is 15.7. The summed E-state index contributed by atoms with van der Waals surface area (Å²) in [6.07, 6.45) is 0. The van der Waals surface area contributed by atoms with Crippen molar-refractivity contribution in [3.63, 3.8) is 0 Å². The van der Waals surface area contributed by atoms with E-state index in [-0.39, 0.29) is 5.91 Å². The maximum Gasteiger partial charge on any atom is 0.259 e. The van der Waals surface area contributed by atoms with Gasteiger partial charge in [0, 0.05) is 17.3 Å². The van der Waals surface area contributed by atoms with Crippen LogP contribution in [0.3, 0.4) is 0 Å². The van der Waals surface area contributed by atoms with Crippen LogP contribution in [-0.2, 0) is 6.54 Å². The van der Waals surface area contributed by atoms with Crippen LogP contribution in [0.1, 0.15) is 15.9 Å². The number of amides is 1. The molecule has 0 fully saturated rings. The van der Waals surface area contributed by atoms with Gasteiger partial charge in [0.1, 0.15) is 19.0 Å². The largest absolute Gasteiger partial charge is 0.497 e. The van der Waals surface area contributed by atoms with Crippen molar-refractivity contribution in [2.45, 2.75) is 6.54 Å². The molecule has 0 radical (unpaired) electrons. The zero-order chi connectivity index (χ0) is 15.1. The van der Waals surface area contributed by atoms with Crippen molar-refractivity contribution in [3.8, 4) is 17.2 Å². The lowest BCUT2D eigenvalue weighted by Gasteiger charge is -2.22. The number of carbonyl (C=O) groups is 1. The lowest BCUT2D eigenvalue weighted by atomic mass is 10.1. The van der Waals surface area contributed by atoms with Crippen molar-refractivity contribution in [1.82, 2.24) is 0 Å². The first-order chi connectivity index (χ1) is 10.8. The lowest BCUT2D eigenvalue weighted by Crippen LogP contribution is -2.23. The first-order valence-electron chi connectivity index (χ1n) is 7.15. The molecule has 112 valence electrons. The average molecular weight is 297 g/mol. The molecular formula is C17H15NO4. The number of ether oxygens (including phenoxy) is 3. The Bertz CT molecular complexity index is 756. The van der Waals surface area contributed by atoms with Gasteiger partial charge < -0.3 is 19.1 Å². The van der Waals surface area contributed by atoms with Gasteiger partial charge in [0.05, 0.1) is 13.7 Å². The number of rotatable bonds is 2. The minimum Gasteiger partial charge on any atom is -0.497 e. The van der Waals surface area contributed by atoms with Crippen molar-refractivity contribution in [1.29, 1.82) is 0 Å². The molecule has 2 aromatic rings. The third-order valence-corrected chi connectivity index (χ3v) is 3.96. The van der Waals surface area contributed by atoms with E-state index in [0.717, 1.165) is 17.0 Å². The fraction of sp³-hybridized carbons (Fsp3) is 0.235. The molecule has 22 heavy (non-hydrogen) atoms. The molecule has 5 nitrogen and oxygen atoms in total. The van der Waals surface area contributed by atoms with Crippen LogP contribution < -0.4 is 19.1 Å². The van der Waals surface area contributed by atoms with E-state index in [9.17, 15) is 4.79 Å². The molecule has 0 spiro atoms. The summed E-state index contributed by atoms with van der Waals surface area (Å²) in [5.74, 6) is 2.08. The van der Waals surface area contributed by atoms with Gasteiger partial charge in [0.25, 0.3) is 5.91 Å². The van der Waals surface area contributed by atoms with Crippen LogP contribution in [0.15, 0.2) is 36.4 Å². The molecule has 2 aliphatic rings. The third kappa shape index (κ3) is 1.97. The molecule has 0 saturated heterocycles. The zero-order valence-electron chi connectivity index (χ0n) is 12.2. The zero-order valence-corrected chi connectivity index (χ0v) is 12.2. The van der Waals surface area contributed by atoms with E-state index in [4.69, 9.17) is 14.2 Å². The Morgan fingerprint density at radius 2 is 1.86 bits per heavy atom. The Balaban J connectivity index is 1.68. The summed E-state index contributed by atoms with van der Waals surface area (Å²) < 4.78 is 16.3. The van der Waals surface area contributed by atoms with Crippen LogP contribution in [0.4, 0.5) is 5.69 Å². The number of fused-ring (bicyclic) bond motifs is 2. The topological polar surface area (TPSA) is 48.0 Å². The second-order valence-electron chi connectivity index (χ2n) is 5.24. The van der Waals surface area contributed by atoms with Gasteiger partial charge in [-0.3, -0.25) is 4.79 Å². The molecule has 1 amide bonds. The highest BCUT2D eigenvalue weighted by Crippen LogP contribution is 2.37. The van der Waals surface area contributed by atoms with Crippen LogP contribution in [0.5, 0.6) is 17.2 Å². The van der Waals surface area contributed by atoms with Gasteiger partial charge in [-0.25, -0.2) is 0 Å². The predicted octanol–water partition coefficient (Wildman–Crippen LogP) is 2.63. The van der Waals surface area contributed by atoms with E-state index in [1.165, 1.54) is 0 Å². The molecule has 0 atom stereocenters. The van der Waals surface area contributed by atoms with Gasteiger partial charge >= 0.3 is 0 Å². The quantitative estimate of drug-likeness (QED) is 0.855. The molecule has 0 unspecified atom stereocenters. The number of hydrogen-bond donors (Lipinski definition) is 0. The van der Waals surface area contributed by atoms with E-state index in [1.54, 1.807) is 18.1 Å². The van der Waals surface area contributed by atoms with Gasteiger partial charge in [-0.05, 0) is 29.8 Å². The van der Waals surface area contributed by atoms with Crippen LogP contribution in [0.2, 0.25) is 0 Å². The van der Waals surface area contributed by atoms with E-state index in [2.05, 4.69) is 0 Å².